The summed E-state index contributed by atoms with van der Waals surface area (Å²) in [6, 6.07) is 6.45. The van der Waals surface area contributed by atoms with Crippen molar-refractivity contribution < 1.29 is 14.6 Å². The summed E-state index contributed by atoms with van der Waals surface area (Å²) in [5.41, 5.74) is 5.32. The van der Waals surface area contributed by atoms with Gasteiger partial charge in [-0.1, -0.05) is 12.1 Å². The number of carboxylic acid groups (broad SMARTS) is 1. The molecule has 5 heteroatoms. The van der Waals surface area contributed by atoms with Crippen molar-refractivity contribution in [3.8, 4) is 5.75 Å². The highest BCUT2D eigenvalue weighted by Crippen LogP contribution is 2.26. The normalized spacial score (nSPS) is 12.1. The third-order valence-corrected chi connectivity index (χ3v) is 2.58. The highest BCUT2D eigenvalue weighted by Gasteiger charge is 2.12. The predicted molar refractivity (Wildman–Crippen MR) is 59.3 cm³/mol. The van der Waals surface area contributed by atoms with Crippen molar-refractivity contribution in [2.24, 2.45) is 5.73 Å². The Morgan fingerprint density at radius 3 is 2.87 bits per heavy atom. The van der Waals surface area contributed by atoms with Crippen LogP contribution in [-0.4, -0.2) is 30.0 Å². The van der Waals surface area contributed by atoms with Crippen molar-refractivity contribution >= 4 is 17.7 Å². The molecule has 0 saturated carbocycles. The Balaban J connectivity index is 2.60. The average molecular weight is 227 g/mol. The van der Waals surface area contributed by atoms with E-state index in [1.165, 1.54) is 0 Å². The minimum Gasteiger partial charge on any atom is -0.490 e. The zero-order valence-electron chi connectivity index (χ0n) is 8.34. The smallest absolute Gasteiger partial charge is 0.324 e. The lowest BCUT2D eigenvalue weighted by atomic mass is 10.3. The van der Waals surface area contributed by atoms with Gasteiger partial charge in [-0.2, -0.15) is 0 Å². The summed E-state index contributed by atoms with van der Waals surface area (Å²) in [4.78, 5) is 11.4. The molecule has 0 bridgehead atoms. The molecule has 82 valence electrons. The molecule has 15 heavy (non-hydrogen) atoms. The Labute approximate surface area is 92.4 Å². The third-order valence-electron chi connectivity index (χ3n) is 1.80. The van der Waals surface area contributed by atoms with Crippen molar-refractivity contribution in [3.63, 3.8) is 0 Å². The van der Waals surface area contributed by atoms with Crippen LogP contribution in [0, 0.1) is 0 Å². The van der Waals surface area contributed by atoms with Gasteiger partial charge in [0.25, 0.3) is 0 Å². The second-order valence-electron chi connectivity index (χ2n) is 2.91. The lowest BCUT2D eigenvalue weighted by Crippen LogP contribution is -2.36. The topological polar surface area (TPSA) is 72.5 Å². The average Bonchev–Trinajstić information content (AvgIpc) is 2.26. The second-order valence-corrected chi connectivity index (χ2v) is 3.75. The Bertz CT molecular complexity index is 343. The van der Waals surface area contributed by atoms with Crippen LogP contribution in [0.25, 0.3) is 0 Å². The summed E-state index contributed by atoms with van der Waals surface area (Å²) in [6.45, 7) is -0.0209. The van der Waals surface area contributed by atoms with Crippen molar-refractivity contribution in [2.45, 2.75) is 10.9 Å². The lowest BCUT2D eigenvalue weighted by molar-refractivity contribution is -0.139. The standard InChI is InChI=1S/C10H13NO3S/c1-15-9-5-3-2-4-8(9)14-6-7(11)10(12)13/h2-5,7H,6,11H2,1H3,(H,12,13). The van der Waals surface area contributed by atoms with Gasteiger partial charge in [0.15, 0.2) is 0 Å². The molecule has 0 spiro atoms. The fourth-order valence-electron chi connectivity index (χ4n) is 0.989. The molecule has 1 rings (SSSR count). The molecule has 1 atom stereocenters. The van der Waals surface area contributed by atoms with Crippen molar-refractivity contribution in [3.05, 3.63) is 24.3 Å². The van der Waals surface area contributed by atoms with Crippen LogP contribution in [-0.2, 0) is 4.79 Å². The van der Waals surface area contributed by atoms with Crippen LogP contribution < -0.4 is 10.5 Å². The molecular formula is C10H13NO3S. The van der Waals surface area contributed by atoms with Crippen molar-refractivity contribution in [1.82, 2.24) is 0 Å². The minimum absolute atomic E-state index is 0.0209. The Morgan fingerprint density at radius 1 is 1.60 bits per heavy atom. The number of hydrogen-bond acceptors (Lipinski definition) is 4. The first-order valence-corrected chi connectivity index (χ1v) is 5.62. The predicted octanol–water partition coefficient (Wildman–Crippen LogP) is 1.20. The number of thioether (sulfide) groups is 1. The summed E-state index contributed by atoms with van der Waals surface area (Å²) >= 11 is 1.54. The number of hydrogen-bond donors (Lipinski definition) is 2. The maximum Gasteiger partial charge on any atom is 0.324 e. The Kier molecular flexibility index (Phi) is 4.45. The van der Waals surface area contributed by atoms with Gasteiger partial charge in [0.1, 0.15) is 18.4 Å². The van der Waals surface area contributed by atoms with Crippen LogP contribution in [0.1, 0.15) is 0 Å². The Hall–Kier alpha value is -1.20. The van der Waals surface area contributed by atoms with Crippen LogP contribution in [0.4, 0.5) is 0 Å². The third kappa shape index (κ3) is 3.45. The van der Waals surface area contributed by atoms with Crippen LogP contribution in [0.2, 0.25) is 0 Å². The van der Waals surface area contributed by atoms with E-state index in [2.05, 4.69) is 0 Å². The zero-order valence-corrected chi connectivity index (χ0v) is 9.16. The fourth-order valence-corrected chi connectivity index (χ4v) is 1.53. The molecule has 0 aliphatic carbocycles. The second kappa shape index (κ2) is 5.63. The fraction of sp³-hybridized carbons (Fsp3) is 0.300. The number of para-hydroxylation sites is 1. The molecule has 4 nitrogen and oxygen atoms in total. The van der Waals surface area contributed by atoms with Gasteiger partial charge in [0, 0.05) is 4.90 Å². The zero-order chi connectivity index (χ0) is 11.3. The lowest BCUT2D eigenvalue weighted by Gasteiger charge is -2.11. The quantitative estimate of drug-likeness (QED) is 0.739. The van der Waals surface area contributed by atoms with Crippen molar-refractivity contribution in [1.29, 1.82) is 0 Å². The summed E-state index contributed by atoms with van der Waals surface area (Å²) < 4.78 is 5.32. The first kappa shape index (κ1) is 11.9. The molecule has 0 heterocycles. The van der Waals surface area contributed by atoms with E-state index in [1.807, 2.05) is 24.5 Å². The number of ether oxygens (including phenoxy) is 1. The highest BCUT2D eigenvalue weighted by molar-refractivity contribution is 7.98. The van der Waals surface area contributed by atoms with Crippen LogP contribution in [0.15, 0.2) is 29.2 Å². The highest BCUT2D eigenvalue weighted by atomic mass is 32.2. The number of carboxylic acids is 1. The van der Waals surface area contributed by atoms with E-state index < -0.39 is 12.0 Å². The van der Waals surface area contributed by atoms with Gasteiger partial charge in [0.2, 0.25) is 0 Å². The summed E-state index contributed by atoms with van der Waals surface area (Å²) in [5, 5.41) is 8.58. The molecule has 0 aromatic heterocycles. The molecule has 1 aromatic rings. The molecule has 0 amide bonds. The van der Waals surface area contributed by atoms with E-state index in [-0.39, 0.29) is 6.61 Å². The van der Waals surface area contributed by atoms with Crippen LogP contribution >= 0.6 is 11.8 Å². The first-order chi connectivity index (χ1) is 7.15. The summed E-state index contributed by atoms with van der Waals surface area (Å²) in [5.74, 6) is -0.390. The molecular weight excluding hydrogens is 214 g/mol. The monoisotopic (exact) mass is 227 g/mol. The number of carbonyl (C=O) groups is 1. The van der Waals surface area contributed by atoms with E-state index in [4.69, 9.17) is 15.6 Å². The maximum absolute atomic E-state index is 10.5. The van der Waals surface area contributed by atoms with Crippen LogP contribution in [0.5, 0.6) is 5.75 Å². The minimum atomic E-state index is -1.06. The Morgan fingerprint density at radius 2 is 2.27 bits per heavy atom. The molecule has 0 aliphatic heterocycles. The number of aliphatic carboxylic acids is 1. The van der Waals surface area contributed by atoms with Gasteiger partial charge >= 0.3 is 5.97 Å². The SMILES string of the molecule is CSc1ccccc1OCC(N)C(=O)O. The molecule has 0 radical (unpaired) electrons. The molecule has 3 N–H and O–H groups in total. The molecule has 1 unspecified atom stereocenters. The first-order valence-electron chi connectivity index (χ1n) is 4.39. The summed E-state index contributed by atoms with van der Waals surface area (Å²) in [6.07, 6.45) is 1.93. The molecule has 0 aliphatic rings. The van der Waals surface area contributed by atoms with E-state index in [1.54, 1.807) is 17.8 Å². The van der Waals surface area contributed by atoms with E-state index in [9.17, 15) is 4.79 Å². The van der Waals surface area contributed by atoms with Gasteiger partial charge in [-0.15, -0.1) is 11.8 Å². The number of rotatable bonds is 5. The number of nitrogens with two attached hydrogens (primary N) is 1. The van der Waals surface area contributed by atoms with Gasteiger partial charge in [-0.3, -0.25) is 4.79 Å². The molecule has 0 fully saturated rings. The van der Waals surface area contributed by atoms with Crippen molar-refractivity contribution in [2.75, 3.05) is 12.9 Å². The molecule has 1 aromatic carbocycles. The van der Waals surface area contributed by atoms with E-state index in [0.717, 1.165) is 4.90 Å². The van der Waals surface area contributed by atoms with Gasteiger partial charge in [-0.25, -0.2) is 0 Å². The molecule has 0 saturated heterocycles. The summed E-state index contributed by atoms with van der Waals surface area (Å²) in [7, 11) is 0. The van der Waals surface area contributed by atoms with Gasteiger partial charge in [-0.05, 0) is 18.4 Å². The van der Waals surface area contributed by atoms with Gasteiger partial charge in [0.05, 0.1) is 0 Å². The van der Waals surface area contributed by atoms with Gasteiger partial charge < -0.3 is 15.6 Å². The van der Waals surface area contributed by atoms with Crippen LogP contribution in [0.3, 0.4) is 0 Å². The maximum atomic E-state index is 10.5. The van der Waals surface area contributed by atoms with E-state index in [0.29, 0.717) is 5.75 Å². The largest absolute Gasteiger partial charge is 0.490 e. The van der Waals surface area contributed by atoms with E-state index >= 15 is 0 Å². The number of benzene rings is 1.